The molecule has 2 heterocycles. The quantitative estimate of drug-likeness (QED) is 0.633. The second-order valence-electron chi connectivity index (χ2n) is 6.76. The average molecular weight is 414 g/mol. The number of halogens is 1. The van der Waals surface area contributed by atoms with Gasteiger partial charge in [0.1, 0.15) is 0 Å². The number of aryl methyl sites for hydroxylation is 1. The van der Waals surface area contributed by atoms with Crippen molar-refractivity contribution in [3.05, 3.63) is 70.4 Å². The summed E-state index contributed by atoms with van der Waals surface area (Å²) in [6.07, 6.45) is 1.11. The predicted molar refractivity (Wildman–Crippen MR) is 106 cm³/mol. The highest BCUT2D eigenvalue weighted by Crippen LogP contribution is 2.33. The molecule has 1 aromatic heterocycles. The summed E-state index contributed by atoms with van der Waals surface area (Å²) >= 11 is 6.18. The first kappa shape index (κ1) is 19.3. The Morgan fingerprint density at radius 3 is 2.79 bits per heavy atom. The summed E-state index contributed by atoms with van der Waals surface area (Å²) in [5.41, 5.74) is 1.86. The van der Waals surface area contributed by atoms with Gasteiger partial charge in [-0.2, -0.15) is 0 Å². The Balaban J connectivity index is 1.29. The monoisotopic (exact) mass is 413 g/mol. The van der Waals surface area contributed by atoms with Crippen LogP contribution in [0.5, 0.6) is 11.5 Å². The third-order valence-corrected chi connectivity index (χ3v) is 4.96. The standard InChI is InChI=1S/C21H20ClN3O4/c1-13(15-4-2-3-5-16(15)22)23-19(26)8-9-20-24-25-21(29-20)11-14-6-7-17-18(10-14)28-12-27-17/h2-7,10,13H,8-9,11-12H2,1H3,(H,23,26)/t13-/m1/s1. The molecule has 7 nitrogen and oxygen atoms in total. The maximum atomic E-state index is 12.2. The van der Waals surface area contributed by atoms with E-state index in [1.165, 1.54) is 0 Å². The molecule has 1 atom stereocenters. The molecular weight excluding hydrogens is 394 g/mol. The van der Waals surface area contributed by atoms with Gasteiger partial charge in [-0.05, 0) is 36.2 Å². The van der Waals surface area contributed by atoms with E-state index < -0.39 is 0 Å². The van der Waals surface area contributed by atoms with Gasteiger partial charge in [-0.1, -0.05) is 35.9 Å². The van der Waals surface area contributed by atoms with E-state index in [4.69, 9.17) is 25.5 Å². The Morgan fingerprint density at radius 1 is 1.14 bits per heavy atom. The largest absolute Gasteiger partial charge is 0.454 e. The second kappa shape index (κ2) is 8.53. The molecule has 0 saturated heterocycles. The van der Waals surface area contributed by atoms with Gasteiger partial charge >= 0.3 is 0 Å². The molecule has 1 aliphatic rings. The van der Waals surface area contributed by atoms with E-state index in [1.807, 2.05) is 43.3 Å². The zero-order valence-corrected chi connectivity index (χ0v) is 16.6. The molecule has 3 aromatic rings. The maximum Gasteiger partial charge on any atom is 0.231 e. The van der Waals surface area contributed by atoms with Crippen LogP contribution in [0.15, 0.2) is 46.9 Å². The summed E-state index contributed by atoms with van der Waals surface area (Å²) < 4.78 is 16.4. The number of amides is 1. The van der Waals surface area contributed by atoms with Gasteiger partial charge in [-0.3, -0.25) is 4.79 Å². The number of hydrogen-bond acceptors (Lipinski definition) is 6. The van der Waals surface area contributed by atoms with Crippen molar-refractivity contribution in [2.75, 3.05) is 6.79 Å². The van der Waals surface area contributed by atoms with Crippen molar-refractivity contribution in [2.24, 2.45) is 0 Å². The zero-order valence-electron chi connectivity index (χ0n) is 15.9. The van der Waals surface area contributed by atoms with Crippen LogP contribution >= 0.6 is 11.6 Å². The fourth-order valence-corrected chi connectivity index (χ4v) is 3.42. The maximum absolute atomic E-state index is 12.2. The lowest BCUT2D eigenvalue weighted by Gasteiger charge is -2.15. The summed E-state index contributed by atoms with van der Waals surface area (Å²) in [7, 11) is 0. The molecule has 8 heteroatoms. The highest BCUT2D eigenvalue weighted by Gasteiger charge is 2.16. The van der Waals surface area contributed by atoms with E-state index in [1.54, 1.807) is 6.07 Å². The highest BCUT2D eigenvalue weighted by molar-refractivity contribution is 6.31. The number of aromatic nitrogens is 2. The molecule has 1 aliphatic heterocycles. The molecule has 0 aliphatic carbocycles. The fraction of sp³-hybridized carbons (Fsp3) is 0.286. The SMILES string of the molecule is C[C@@H](NC(=O)CCc1nnc(Cc2ccc3c(c2)OCO3)o1)c1ccccc1Cl. The molecule has 1 N–H and O–H groups in total. The minimum atomic E-state index is -0.180. The van der Waals surface area contributed by atoms with Crippen molar-refractivity contribution in [1.29, 1.82) is 0 Å². The summed E-state index contributed by atoms with van der Waals surface area (Å²) in [6.45, 7) is 2.13. The van der Waals surface area contributed by atoms with Gasteiger partial charge in [0.2, 0.25) is 24.5 Å². The first-order valence-electron chi connectivity index (χ1n) is 9.32. The van der Waals surface area contributed by atoms with Crippen LogP contribution in [-0.2, 0) is 17.6 Å². The van der Waals surface area contributed by atoms with Gasteiger partial charge in [0.05, 0.1) is 12.5 Å². The van der Waals surface area contributed by atoms with E-state index in [-0.39, 0.29) is 25.2 Å². The smallest absolute Gasteiger partial charge is 0.231 e. The van der Waals surface area contributed by atoms with E-state index in [0.717, 1.165) is 16.9 Å². The molecule has 0 fully saturated rings. The Morgan fingerprint density at radius 2 is 1.93 bits per heavy atom. The number of nitrogens with one attached hydrogen (secondary N) is 1. The summed E-state index contributed by atoms with van der Waals surface area (Å²) in [5.74, 6) is 2.27. The molecule has 2 aromatic carbocycles. The van der Waals surface area contributed by atoms with Crippen molar-refractivity contribution in [2.45, 2.75) is 32.2 Å². The van der Waals surface area contributed by atoms with Gasteiger partial charge in [-0.25, -0.2) is 0 Å². The number of nitrogens with zero attached hydrogens (tertiary/aromatic N) is 2. The molecule has 0 bridgehead atoms. The molecule has 0 spiro atoms. The van der Waals surface area contributed by atoms with Gasteiger partial charge in [0, 0.05) is 17.9 Å². The predicted octanol–water partition coefficient (Wildman–Crippen LogP) is 3.85. The molecule has 0 radical (unpaired) electrons. The minimum absolute atomic E-state index is 0.104. The zero-order chi connectivity index (χ0) is 20.2. The van der Waals surface area contributed by atoms with Gasteiger partial charge in [0.15, 0.2) is 11.5 Å². The van der Waals surface area contributed by atoms with Crippen LogP contribution in [-0.4, -0.2) is 22.9 Å². The Kier molecular flexibility index (Phi) is 5.67. The first-order chi connectivity index (χ1) is 14.1. The molecular formula is C21H20ClN3O4. The fourth-order valence-electron chi connectivity index (χ4n) is 3.12. The number of carbonyl (C=O) groups is 1. The first-order valence-corrected chi connectivity index (χ1v) is 9.70. The topological polar surface area (TPSA) is 86.5 Å². The highest BCUT2D eigenvalue weighted by atomic mass is 35.5. The van der Waals surface area contributed by atoms with Crippen LogP contribution in [0.3, 0.4) is 0 Å². The Hall–Kier alpha value is -3.06. The van der Waals surface area contributed by atoms with Gasteiger partial charge in [-0.15, -0.1) is 10.2 Å². The molecule has 0 unspecified atom stereocenters. The van der Waals surface area contributed by atoms with Crippen LogP contribution in [0.4, 0.5) is 0 Å². The van der Waals surface area contributed by atoms with Crippen LogP contribution in [0.1, 0.15) is 42.3 Å². The third-order valence-electron chi connectivity index (χ3n) is 4.62. The average Bonchev–Trinajstić information content (AvgIpc) is 3.35. The minimum Gasteiger partial charge on any atom is -0.454 e. The molecule has 150 valence electrons. The van der Waals surface area contributed by atoms with Crippen LogP contribution < -0.4 is 14.8 Å². The lowest BCUT2D eigenvalue weighted by molar-refractivity contribution is -0.121. The number of hydrogen-bond donors (Lipinski definition) is 1. The lowest BCUT2D eigenvalue weighted by Crippen LogP contribution is -2.27. The van der Waals surface area contributed by atoms with Crippen molar-refractivity contribution < 1.29 is 18.7 Å². The van der Waals surface area contributed by atoms with Crippen LogP contribution in [0.2, 0.25) is 5.02 Å². The number of ether oxygens (including phenoxy) is 2. The van der Waals surface area contributed by atoms with Crippen molar-refractivity contribution in [3.8, 4) is 11.5 Å². The second-order valence-corrected chi connectivity index (χ2v) is 7.17. The molecule has 0 saturated carbocycles. The molecule has 1 amide bonds. The number of rotatable bonds is 7. The number of fused-ring (bicyclic) bond motifs is 1. The third kappa shape index (κ3) is 4.68. The van der Waals surface area contributed by atoms with E-state index in [0.29, 0.717) is 35.4 Å². The normalized spacial score (nSPS) is 13.3. The van der Waals surface area contributed by atoms with Gasteiger partial charge in [0.25, 0.3) is 0 Å². The lowest BCUT2D eigenvalue weighted by atomic mass is 10.1. The van der Waals surface area contributed by atoms with Gasteiger partial charge < -0.3 is 19.2 Å². The van der Waals surface area contributed by atoms with E-state index in [9.17, 15) is 4.79 Å². The Bertz CT molecular complexity index is 1020. The number of benzene rings is 2. The van der Waals surface area contributed by atoms with Crippen molar-refractivity contribution >= 4 is 17.5 Å². The summed E-state index contributed by atoms with van der Waals surface area (Å²) in [5, 5.41) is 11.7. The summed E-state index contributed by atoms with van der Waals surface area (Å²) in [4.78, 5) is 12.2. The van der Waals surface area contributed by atoms with Crippen molar-refractivity contribution in [3.63, 3.8) is 0 Å². The van der Waals surface area contributed by atoms with Crippen LogP contribution in [0.25, 0.3) is 0 Å². The summed E-state index contributed by atoms with van der Waals surface area (Å²) in [6, 6.07) is 13.0. The van der Waals surface area contributed by atoms with Crippen molar-refractivity contribution in [1.82, 2.24) is 15.5 Å². The molecule has 29 heavy (non-hydrogen) atoms. The van der Waals surface area contributed by atoms with E-state index >= 15 is 0 Å². The van der Waals surface area contributed by atoms with Crippen LogP contribution in [0, 0.1) is 0 Å². The Labute approximate surface area is 173 Å². The number of carbonyl (C=O) groups excluding carboxylic acids is 1. The molecule has 4 rings (SSSR count). The van der Waals surface area contributed by atoms with E-state index in [2.05, 4.69) is 15.5 Å².